The Hall–Kier alpha value is -1.39. The van der Waals surface area contributed by atoms with Gasteiger partial charge in [0.1, 0.15) is 5.82 Å². The van der Waals surface area contributed by atoms with Gasteiger partial charge in [-0.1, -0.05) is 17.7 Å². The molecule has 0 saturated carbocycles. The Bertz CT molecular complexity index is 471. The van der Waals surface area contributed by atoms with E-state index in [1.807, 2.05) is 0 Å². The molecule has 1 heterocycles. The molecule has 1 aromatic carbocycles. The van der Waals surface area contributed by atoms with Gasteiger partial charge in [-0.3, -0.25) is 0 Å². The minimum atomic E-state index is -0.382. The van der Waals surface area contributed by atoms with Crippen molar-refractivity contribution in [2.75, 3.05) is 6.54 Å². The molecule has 1 aromatic heterocycles. The Morgan fingerprint density at radius 2 is 2.29 bits per heavy atom. The van der Waals surface area contributed by atoms with Crippen LogP contribution in [0.3, 0.4) is 0 Å². The summed E-state index contributed by atoms with van der Waals surface area (Å²) in [6.07, 6.45) is 4.35. The summed E-state index contributed by atoms with van der Waals surface area (Å²) in [7, 11) is 0. The fraction of sp³-hybridized carbons (Fsp3) is 0.250. The largest absolute Gasteiger partial charge is 0.348 e. The zero-order valence-corrected chi connectivity index (χ0v) is 9.97. The van der Waals surface area contributed by atoms with Gasteiger partial charge in [0.2, 0.25) is 0 Å². The Morgan fingerprint density at radius 1 is 1.41 bits per heavy atom. The van der Waals surface area contributed by atoms with E-state index in [0.717, 1.165) is 24.2 Å². The van der Waals surface area contributed by atoms with Gasteiger partial charge in [0, 0.05) is 31.4 Å². The van der Waals surface area contributed by atoms with Gasteiger partial charge in [-0.15, -0.1) is 0 Å². The second kappa shape index (κ2) is 5.80. The first kappa shape index (κ1) is 12.1. The summed E-state index contributed by atoms with van der Waals surface area (Å²) in [6, 6.07) is 4.75. The zero-order valence-electron chi connectivity index (χ0n) is 9.21. The number of halogens is 2. The van der Waals surface area contributed by atoms with Crippen LogP contribution < -0.4 is 5.32 Å². The second-order valence-corrected chi connectivity index (χ2v) is 4.16. The maximum absolute atomic E-state index is 12.9. The molecule has 2 rings (SSSR count). The number of hydrogen-bond acceptors (Lipinski definition) is 2. The molecule has 0 unspecified atom stereocenters. The average molecular weight is 254 g/mol. The van der Waals surface area contributed by atoms with Crippen LogP contribution in [0.1, 0.15) is 11.3 Å². The van der Waals surface area contributed by atoms with Crippen molar-refractivity contribution in [2.24, 2.45) is 0 Å². The molecule has 0 aliphatic rings. The van der Waals surface area contributed by atoms with E-state index in [1.54, 1.807) is 24.7 Å². The molecule has 2 N–H and O–H groups in total. The molecule has 0 atom stereocenters. The number of aromatic nitrogens is 2. The van der Waals surface area contributed by atoms with E-state index in [1.165, 1.54) is 6.07 Å². The topological polar surface area (TPSA) is 40.7 Å². The number of imidazole rings is 1. The van der Waals surface area contributed by atoms with Gasteiger partial charge in [-0.25, -0.2) is 9.37 Å². The minimum Gasteiger partial charge on any atom is -0.348 e. The highest BCUT2D eigenvalue weighted by atomic mass is 35.5. The zero-order chi connectivity index (χ0) is 12.1. The van der Waals surface area contributed by atoms with Crippen LogP contribution in [0, 0.1) is 5.82 Å². The number of benzene rings is 1. The number of nitrogens with zero attached hydrogens (tertiary/aromatic N) is 1. The molecule has 0 fully saturated rings. The SMILES string of the molecule is Fc1ccc(CNCCc2cnc[nH]2)cc1Cl. The molecule has 3 nitrogen and oxygen atoms in total. The van der Waals surface area contributed by atoms with Crippen LogP contribution in [0.4, 0.5) is 4.39 Å². The van der Waals surface area contributed by atoms with Crippen molar-refractivity contribution >= 4 is 11.6 Å². The smallest absolute Gasteiger partial charge is 0.141 e. The van der Waals surface area contributed by atoms with E-state index in [0.29, 0.717) is 6.54 Å². The Morgan fingerprint density at radius 3 is 3.00 bits per heavy atom. The molecule has 5 heteroatoms. The van der Waals surface area contributed by atoms with E-state index >= 15 is 0 Å². The number of aromatic amines is 1. The number of H-pyrrole nitrogens is 1. The van der Waals surface area contributed by atoms with Crippen LogP contribution in [0.15, 0.2) is 30.7 Å². The van der Waals surface area contributed by atoms with Gasteiger partial charge in [0.15, 0.2) is 0 Å². The molecule has 2 aromatic rings. The fourth-order valence-corrected chi connectivity index (χ4v) is 1.73. The Balaban J connectivity index is 1.76. The van der Waals surface area contributed by atoms with E-state index in [2.05, 4.69) is 15.3 Å². The molecular weight excluding hydrogens is 241 g/mol. The van der Waals surface area contributed by atoms with Crippen molar-refractivity contribution in [3.8, 4) is 0 Å². The number of hydrogen-bond donors (Lipinski definition) is 2. The molecule has 0 radical (unpaired) electrons. The van der Waals surface area contributed by atoms with Gasteiger partial charge in [0.25, 0.3) is 0 Å². The van der Waals surface area contributed by atoms with Crippen molar-refractivity contribution in [3.05, 3.63) is 52.8 Å². The van der Waals surface area contributed by atoms with Gasteiger partial charge < -0.3 is 10.3 Å². The normalized spacial score (nSPS) is 10.7. The van der Waals surface area contributed by atoms with Gasteiger partial charge in [-0.2, -0.15) is 0 Å². The molecule has 0 saturated heterocycles. The van der Waals surface area contributed by atoms with Crippen molar-refractivity contribution in [1.29, 1.82) is 0 Å². The standard InChI is InChI=1S/C12H13ClFN3/c13-11-5-9(1-2-12(11)14)6-15-4-3-10-7-16-8-17-10/h1-2,5,7-8,15H,3-4,6H2,(H,16,17). The maximum atomic E-state index is 12.9. The first-order chi connectivity index (χ1) is 8.25. The van der Waals surface area contributed by atoms with Crippen LogP contribution in [-0.4, -0.2) is 16.5 Å². The quantitative estimate of drug-likeness (QED) is 0.804. The lowest BCUT2D eigenvalue weighted by Crippen LogP contribution is -2.16. The number of rotatable bonds is 5. The highest BCUT2D eigenvalue weighted by molar-refractivity contribution is 6.30. The van der Waals surface area contributed by atoms with Crippen molar-refractivity contribution in [1.82, 2.24) is 15.3 Å². The fourth-order valence-electron chi connectivity index (χ4n) is 1.53. The van der Waals surface area contributed by atoms with Crippen LogP contribution >= 0.6 is 11.6 Å². The predicted molar refractivity (Wildman–Crippen MR) is 65.4 cm³/mol. The van der Waals surface area contributed by atoms with Gasteiger partial charge in [0.05, 0.1) is 11.3 Å². The third-order valence-corrected chi connectivity index (χ3v) is 2.73. The lowest BCUT2D eigenvalue weighted by Gasteiger charge is -2.04. The minimum absolute atomic E-state index is 0.165. The Labute approximate surface area is 104 Å². The monoisotopic (exact) mass is 253 g/mol. The molecule has 17 heavy (non-hydrogen) atoms. The molecule has 90 valence electrons. The summed E-state index contributed by atoms with van der Waals surface area (Å²) < 4.78 is 12.9. The Kier molecular flexibility index (Phi) is 4.12. The first-order valence-corrected chi connectivity index (χ1v) is 5.75. The van der Waals surface area contributed by atoms with Crippen LogP contribution in [0.25, 0.3) is 0 Å². The lowest BCUT2D eigenvalue weighted by molar-refractivity contribution is 0.625. The molecular formula is C12H13ClFN3. The molecule has 0 amide bonds. The third-order valence-electron chi connectivity index (χ3n) is 2.44. The van der Waals surface area contributed by atoms with E-state index in [-0.39, 0.29) is 10.8 Å². The molecule has 0 aliphatic carbocycles. The summed E-state index contributed by atoms with van der Waals surface area (Å²) in [6.45, 7) is 1.51. The van der Waals surface area contributed by atoms with Crippen molar-refractivity contribution in [3.63, 3.8) is 0 Å². The lowest BCUT2D eigenvalue weighted by atomic mass is 10.2. The summed E-state index contributed by atoms with van der Waals surface area (Å²) >= 11 is 5.69. The van der Waals surface area contributed by atoms with Crippen molar-refractivity contribution < 1.29 is 4.39 Å². The van der Waals surface area contributed by atoms with Crippen LogP contribution in [0.2, 0.25) is 5.02 Å². The van der Waals surface area contributed by atoms with E-state index in [4.69, 9.17) is 11.6 Å². The third kappa shape index (κ3) is 3.54. The van der Waals surface area contributed by atoms with E-state index < -0.39 is 0 Å². The molecule has 0 spiro atoms. The summed E-state index contributed by atoms with van der Waals surface area (Å²) in [5, 5.41) is 3.42. The first-order valence-electron chi connectivity index (χ1n) is 5.37. The highest BCUT2D eigenvalue weighted by Crippen LogP contribution is 2.15. The highest BCUT2D eigenvalue weighted by Gasteiger charge is 2.00. The maximum Gasteiger partial charge on any atom is 0.141 e. The second-order valence-electron chi connectivity index (χ2n) is 3.75. The van der Waals surface area contributed by atoms with E-state index in [9.17, 15) is 4.39 Å². The van der Waals surface area contributed by atoms with Crippen LogP contribution in [0.5, 0.6) is 0 Å². The number of nitrogens with one attached hydrogen (secondary N) is 2. The average Bonchev–Trinajstić information content (AvgIpc) is 2.82. The van der Waals surface area contributed by atoms with Crippen molar-refractivity contribution in [2.45, 2.75) is 13.0 Å². The van der Waals surface area contributed by atoms with Gasteiger partial charge in [-0.05, 0) is 17.7 Å². The molecule has 0 bridgehead atoms. The summed E-state index contributed by atoms with van der Waals surface area (Å²) in [4.78, 5) is 6.97. The summed E-state index contributed by atoms with van der Waals surface area (Å²) in [5.74, 6) is -0.382. The summed E-state index contributed by atoms with van der Waals surface area (Å²) in [5.41, 5.74) is 2.07. The van der Waals surface area contributed by atoms with Gasteiger partial charge >= 0.3 is 0 Å². The van der Waals surface area contributed by atoms with Crippen LogP contribution in [-0.2, 0) is 13.0 Å². The molecule has 0 aliphatic heterocycles. The predicted octanol–water partition coefficient (Wildman–Crippen LogP) is 2.53.